The van der Waals surface area contributed by atoms with E-state index in [0.717, 1.165) is 11.4 Å². The minimum atomic E-state index is 0.318. The van der Waals surface area contributed by atoms with Crippen LogP contribution in [-0.4, -0.2) is 6.04 Å². The summed E-state index contributed by atoms with van der Waals surface area (Å²) in [7, 11) is 0. The highest BCUT2D eigenvalue weighted by molar-refractivity contribution is 6.31. The van der Waals surface area contributed by atoms with E-state index < -0.39 is 0 Å². The van der Waals surface area contributed by atoms with Crippen molar-refractivity contribution < 1.29 is 0 Å². The molecule has 0 heterocycles. The van der Waals surface area contributed by atoms with E-state index in [9.17, 15) is 0 Å². The van der Waals surface area contributed by atoms with Gasteiger partial charge in [-0.1, -0.05) is 36.7 Å². The summed E-state index contributed by atoms with van der Waals surface area (Å²) in [6, 6.07) is 8.84. The Labute approximate surface area is 91.5 Å². The molecule has 2 heteroatoms. The zero-order valence-corrected chi connectivity index (χ0v) is 9.81. The molecule has 1 aromatic rings. The molecule has 0 amide bonds. The van der Waals surface area contributed by atoms with Crippen molar-refractivity contribution in [3.8, 4) is 0 Å². The molecule has 0 saturated heterocycles. The first kappa shape index (κ1) is 11.5. The van der Waals surface area contributed by atoms with Gasteiger partial charge >= 0.3 is 0 Å². The summed E-state index contributed by atoms with van der Waals surface area (Å²) in [6.07, 6.45) is 1.13. The van der Waals surface area contributed by atoms with Crippen molar-refractivity contribution >= 4 is 11.6 Å². The van der Waals surface area contributed by atoms with E-state index in [1.165, 1.54) is 5.56 Å². The monoisotopic (exact) mass is 211 g/mol. The van der Waals surface area contributed by atoms with Crippen LogP contribution in [-0.2, 0) is 0 Å². The topological polar surface area (TPSA) is 12.0 Å². The normalized spacial score (nSPS) is 15.1. The highest BCUT2D eigenvalue weighted by Gasteiger charge is 2.10. The number of rotatable bonds is 4. The zero-order valence-electron chi connectivity index (χ0n) is 9.05. The summed E-state index contributed by atoms with van der Waals surface area (Å²) < 4.78 is 0. The summed E-state index contributed by atoms with van der Waals surface area (Å²) in [5.74, 6) is 0. The first-order valence-corrected chi connectivity index (χ1v) is 5.53. The minimum Gasteiger partial charge on any atom is -0.308 e. The summed E-state index contributed by atoms with van der Waals surface area (Å²) in [6.45, 7) is 6.51. The van der Waals surface area contributed by atoms with E-state index in [-0.39, 0.29) is 0 Å². The molecule has 2 unspecified atom stereocenters. The second-order valence-corrected chi connectivity index (χ2v) is 4.13. The fourth-order valence-electron chi connectivity index (χ4n) is 1.46. The number of hydrogen-bond donors (Lipinski definition) is 1. The molecule has 1 nitrogen and oxygen atoms in total. The lowest BCUT2D eigenvalue weighted by Gasteiger charge is -2.19. The van der Waals surface area contributed by atoms with Crippen LogP contribution in [0, 0.1) is 0 Å². The van der Waals surface area contributed by atoms with Gasteiger partial charge in [-0.05, 0) is 31.9 Å². The molecule has 0 aromatic heterocycles. The molecule has 0 aliphatic heterocycles. The van der Waals surface area contributed by atoms with Gasteiger partial charge in [0, 0.05) is 17.1 Å². The van der Waals surface area contributed by atoms with Gasteiger partial charge in [0.05, 0.1) is 0 Å². The smallest absolute Gasteiger partial charge is 0.0453 e. The summed E-state index contributed by atoms with van der Waals surface area (Å²) in [5, 5.41) is 4.35. The molecule has 1 rings (SSSR count). The van der Waals surface area contributed by atoms with Crippen molar-refractivity contribution in [3.63, 3.8) is 0 Å². The summed E-state index contributed by atoms with van der Waals surface area (Å²) in [4.78, 5) is 0. The molecule has 0 bridgehead atoms. The highest BCUT2D eigenvalue weighted by atomic mass is 35.5. The van der Waals surface area contributed by atoms with Crippen LogP contribution in [0.4, 0.5) is 0 Å². The molecule has 14 heavy (non-hydrogen) atoms. The van der Waals surface area contributed by atoms with Gasteiger partial charge in [0.2, 0.25) is 0 Å². The maximum Gasteiger partial charge on any atom is 0.0453 e. The predicted molar refractivity (Wildman–Crippen MR) is 62.8 cm³/mol. The largest absolute Gasteiger partial charge is 0.308 e. The van der Waals surface area contributed by atoms with E-state index in [0.29, 0.717) is 12.1 Å². The van der Waals surface area contributed by atoms with E-state index in [2.05, 4.69) is 32.2 Å². The number of nitrogens with one attached hydrogen (secondary N) is 1. The Kier molecular flexibility index (Phi) is 4.43. The molecule has 0 fully saturated rings. The van der Waals surface area contributed by atoms with Gasteiger partial charge in [0.1, 0.15) is 0 Å². The van der Waals surface area contributed by atoms with Gasteiger partial charge in [-0.3, -0.25) is 0 Å². The summed E-state index contributed by atoms with van der Waals surface area (Å²) >= 11 is 6.11. The van der Waals surface area contributed by atoms with Crippen LogP contribution in [0.1, 0.15) is 38.8 Å². The Morgan fingerprint density at radius 2 is 1.93 bits per heavy atom. The molecular formula is C12H18ClN. The molecule has 0 aliphatic carbocycles. The molecule has 0 saturated carbocycles. The second kappa shape index (κ2) is 5.38. The van der Waals surface area contributed by atoms with Crippen molar-refractivity contribution in [3.05, 3.63) is 34.9 Å². The molecule has 1 N–H and O–H groups in total. The highest BCUT2D eigenvalue weighted by Crippen LogP contribution is 2.22. The lowest BCUT2D eigenvalue weighted by atomic mass is 10.1. The van der Waals surface area contributed by atoms with Crippen molar-refractivity contribution in [1.29, 1.82) is 0 Å². The molecule has 78 valence electrons. The maximum absolute atomic E-state index is 6.11. The SMILES string of the molecule is CCC(C)NC(C)c1ccccc1Cl. The maximum atomic E-state index is 6.11. The van der Waals surface area contributed by atoms with Gasteiger partial charge in [-0.2, -0.15) is 0 Å². The molecule has 0 spiro atoms. The zero-order chi connectivity index (χ0) is 10.6. The Morgan fingerprint density at radius 1 is 1.29 bits per heavy atom. The van der Waals surface area contributed by atoms with Crippen LogP contribution in [0.15, 0.2) is 24.3 Å². The molecule has 1 aromatic carbocycles. The van der Waals surface area contributed by atoms with Gasteiger partial charge in [0.25, 0.3) is 0 Å². The molecular weight excluding hydrogens is 194 g/mol. The second-order valence-electron chi connectivity index (χ2n) is 3.72. The van der Waals surface area contributed by atoms with Gasteiger partial charge in [-0.15, -0.1) is 0 Å². The molecule has 0 radical (unpaired) electrons. The van der Waals surface area contributed by atoms with Crippen LogP contribution < -0.4 is 5.32 Å². The lowest BCUT2D eigenvalue weighted by Crippen LogP contribution is -2.28. The molecule has 0 aliphatic rings. The van der Waals surface area contributed by atoms with Crippen LogP contribution in [0.3, 0.4) is 0 Å². The van der Waals surface area contributed by atoms with E-state index in [1.54, 1.807) is 0 Å². The van der Waals surface area contributed by atoms with Gasteiger partial charge in [0.15, 0.2) is 0 Å². The Bertz CT molecular complexity index is 285. The van der Waals surface area contributed by atoms with Crippen LogP contribution in [0.5, 0.6) is 0 Å². The number of benzene rings is 1. The van der Waals surface area contributed by atoms with Gasteiger partial charge < -0.3 is 5.32 Å². The third-order valence-electron chi connectivity index (χ3n) is 2.52. The Morgan fingerprint density at radius 3 is 2.50 bits per heavy atom. The Balaban J connectivity index is 2.69. The van der Waals surface area contributed by atoms with E-state index in [4.69, 9.17) is 11.6 Å². The van der Waals surface area contributed by atoms with Crippen LogP contribution >= 0.6 is 11.6 Å². The fourth-order valence-corrected chi connectivity index (χ4v) is 1.76. The Hall–Kier alpha value is -0.530. The van der Waals surface area contributed by atoms with Crippen molar-refractivity contribution in [1.82, 2.24) is 5.32 Å². The van der Waals surface area contributed by atoms with Gasteiger partial charge in [-0.25, -0.2) is 0 Å². The third kappa shape index (κ3) is 3.00. The molecule has 2 atom stereocenters. The number of hydrogen-bond acceptors (Lipinski definition) is 1. The fraction of sp³-hybridized carbons (Fsp3) is 0.500. The minimum absolute atomic E-state index is 0.318. The van der Waals surface area contributed by atoms with E-state index in [1.807, 2.05) is 18.2 Å². The third-order valence-corrected chi connectivity index (χ3v) is 2.86. The average molecular weight is 212 g/mol. The van der Waals surface area contributed by atoms with Crippen LogP contribution in [0.2, 0.25) is 5.02 Å². The standard InChI is InChI=1S/C12H18ClN/c1-4-9(2)14-10(3)11-7-5-6-8-12(11)13/h5-10,14H,4H2,1-3H3. The number of halogens is 1. The first-order valence-electron chi connectivity index (χ1n) is 5.15. The first-order chi connectivity index (χ1) is 6.65. The quantitative estimate of drug-likeness (QED) is 0.799. The van der Waals surface area contributed by atoms with Crippen molar-refractivity contribution in [2.24, 2.45) is 0 Å². The van der Waals surface area contributed by atoms with Crippen molar-refractivity contribution in [2.75, 3.05) is 0 Å². The average Bonchev–Trinajstić information content (AvgIpc) is 2.18. The lowest BCUT2D eigenvalue weighted by molar-refractivity contribution is 0.469. The summed E-state index contributed by atoms with van der Waals surface area (Å²) in [5.41, 5.74) is 1.18. The predicted octanol–water partition coefficient (Wildman–Crippen LogP) is 3.79. The van der Waals surface area contributed by atoms with Crippen LogP contribution in [0.25, 0.3) is 0 Å². The van der Waals surface area contributed by atoms with Crippen molar-refractivity contribution in [2.45, 2.75) is 39.3 Å². The van der Waals surface area contributed by atoms with E-state index >= 15 is 0 Å².